The number of unbranched alkanes of at least 4 members (excludes halogenated alkanes) is 1. The number of hydrogen-bond acceptors (Lipinski definition) is 3. The molecule has 0 aliphatic carbocycles. The molecule has 18 heavy (non-hydrogen) atoms. The largest absolute Gasteiger partial charge is 0.375 e. The van der Waals surface area contributed by atoms with Gasteiger partial charge in [0, 0.05) is 25.4 Å². The third-order valence-corrected chi connectivity index (χ3v) is 2.55. The first-order chi connectivity index (χ1) is 8.72. The molecule has 1 heterocycles. The van der Waals surface area contributed by atoms with Crippen LogP contribution < -0.4 is 5.32 Å². The first kappa shape index (κ1) is 14.9. The van der Waals surface area contributed by atoms with Gasteiger partial charge in [0.15, 0.2) is 0 Å². The van der Waals surface area contributed by atoms with E-state index in [1.165, 1.54) is 5.56 Å². The molecule has 0 saturated carbocycles. The Bertz CT molecular complexity index is 333. The van der Waals surface area contributed by atoms with Crippen LogP contribution in [0.5, 0.6) is 0 Å². The fraction of sp³-hybridized carbons (Fsp3) is 0.533. The van der Waals surface area contributed by atoms with Gasteiger partial charge in [0.1, 0.15) is 0 Å². The number of nitrogens with one attached hydrogen (secondary N) is 1. The molecule has 1 aromatic rings. The summed E-state index contributed by atoms with van der Waals surface area (Å²) in [5.41, 5.74) is 2.20. The first-order valence-corrected chi connectivity index (χ1v) is 6.58. The summed E-state index contributed by atoms with van der Waals surface area (Å²) in [5.74, 6) is 0. The van der Waals surface area contributed by atoms with Crippen LogP contribution in [0.3, 0.4) is 0 Å². The average Bonchev–Trinajstić information content (AvgIpc) is 2.37. The summed E-state index contributed by atoms with van der Waals surface area (Å²) >= 11 is 0. The van der Waals surface area contributed by atoms with Gasteiger partial charge in [-0.3, -0.25) is 4.98 Å². The molecule has 0 aromatic carbocycles. The van der Waals surface area contributed by atoms with Crippen LogP contribution in [0.25, 0.3) is 0 Å². The Morgan fingerprint density at radius 2 is 2.28 bits per heavy atom. The minimum absolute atomic E-state index is 0.498. The van der Waals surface area contributed by atoms with Crippen molar-refractivity contribution in [2.75, 3.05) is 6.61 Å². The molecule has 100 valence electrons. The number of allylic oxidation sites excluding steroid dienone is 1. The van der Waals surface area contributed by atoms with Crippen LogP contribution in [0.4, 0.5) is 0 Å². The Kier molecular flexibility index (Phi) is 7.30. The van der Waals surface area contributed by atoms with Crippen molar-refractivity contribution in [3.8, 4) is 0 Å². The summed E-state index contributed by atoms with van der Waals surface area (Å²) in [6, 6.07) is 4.63. The van der Waals surface area contributed by atoms with E-state index in [0.717, 1.165) is 31.7 Å². The maximum Gasteiger partial charge on any atom is 0.0887 e. The zero-order valence-electron chi connectivity index (χ0n) is 11.5. The minimum atomic E-state index is 0.498. The van der Waals surface area contributed by atoms with Crippen molar-refractivity contribution in [3.05, 3.63) is 42.2 Å². The maximum atomic E-state index is 5.53. The molecular weight excluding hydrogens is 224 g/mol. The van der Waals surface area contributed by atoms with E-state index in [1.807, 2.05) is 18.3 Å². The third kappa shape index (κ3) is 6.52. The first-order valence-electron chi connectivity index (χ1n) is 6.58. The molecule has 1 aromatic heterocycles. The highest BCUT2D eigenvalue weighted by molar-refractivity contribution is 5.13. The second-order valence-corrected chi connectivity index (χ2v) is 4.68. The topological polar surface area (TPSA) is 34.1 Å². The number of nitrogens with zero attached hydrogens (tertiary/aromatic N) is 1. The Morgan fingerprint density at radius 1 is 1.44 bits per heavy atom. The van der Waals surface area contributed by atoms with Gasteiger partial charge in [-0.15, -0.1) is 6.58 Å². The summed E-state index contributed by atoms with van der Waals surface area (Å²) in [7, 11) is 0. The fourth-order valence-electron chi connectivity index (χ4n) is 1.47. The predicted octanol–water partition coefficient (Wildman–Crippen LogP) is 3.06. The van der Waals surface area contributed by atoms with Gasteiger partial charge in [0.25, 0.3) is 0 Å². The highest BCUT2D eigenvalue weighted by Gasteiger charge is 1.98. The van der Waals surface area contributed by atoms with E-state index < -0.39 is 0 Å². The van der Waals surface area contributed by atoms with E-state index in [9.17, 15) is 0 Å². The summed E-state index contributed by atoms with van der Waals surface area (Å²) in [5, 5.41) is 3.37. The third-order valence-electron chi connectivity index (χ3n) is 2.55. The molecule has 0 radical (unpaired) electrons. The predicted molar refractivity (Wildman–Crippen MR) is 75.3 cm³/mol. The van der Waals surface area contributed by atoms with Crippen LogP contribution in [0.1, 0.15) is 37.9 Å². The monoisotopic (exact) mass is 248 g/mol. The molecule has 0 atom stereocenters. The Hall–Kier alpha value is -1.19. The minimum Gasteiger partial charge on any atom is -0.375 e. The molecule has 3 heteroatoms. The number of rotatable bonds is 9. The van der Waals surface area contributed by atoms with Crippen molar-refractivity contribution < 1.29 is 4.74 Å². The molecular formula is C15H24N2O. The lowest BCUT2D eigenvalue weighted by atomic mass is 10.2. The van der Waals surface area contributed by atoms with E-state index in [1.54, 1.807) is 0 Å². The Balaban J connectivity index is 2.25. The van der Waals surface area contributed by atoms with Crippen LogP contribution >= 0.6 is 0 Å². The molecule has 0 saturated heterocycles. The van der Waals surface area contributed by atoms with Crippen LogP contribution in [-0.2, 0) is 17.9 Å². The molecule has 0 spiro atoms. The lowest BCUT2D eigenvalue weighted by Crippen LogP contribution is -2.21. The summed E-state index contributed by atoms with van der Waals surface area (Å²) < 4.78 is 5.53. The fourth-order valence-corrected chi connectivity index (χ4v) is 1.47. The van der Waals surface area contributed by atoms with Gasteiger partial charge in [0.05, 0.1) is 12.3 Å². The van der Waals surface area contributed by atoms with Crippen molar-refractivity contribution in [2.45, 2.75) is 45.9 Å². The lowest BCUT2D eigenvalue weighted by molar-refractivity contribution is 0.116. The summed E-state index contributed by atoms with van der Waals surface area (Å²) in [6.45, 7) is 10.2. The highest BCUT2D eigenvalue weighted by atomic mass is 16.5. The SMILES string of the molecule is C=CCCCOCc1ccc(CNC(C)C)cn1. The number of ether oxygens (including phenoxy) is 1. The molecule has 1 rings (SSSR count). The van der Waals surface area contributed by atoms with Crippen LogP contribution in [-0.4, -0.2) is 17.6 Å². The van der Waals surface area contributed by atoms with Crippen molar-refractivity contribution >= 4 is 0 Å². The van der Waals surface area contributed by atoms with Gasteiger partial charge in [-0.1, -0.05) is 26.0 Å². The number of pyridine rings is 1. The summed E-state index contributed by atoms with van der Waals surface area (Å²) in [6.07, 6.45) is 5.86. The van der Waals surface area contributed by atoms with Crippen LogP contribution in [0, 0.1) is 0 Å². The van der Waals surface area contributed by atoms with Crippen molar-refractivity contribution in [1.82, 2.24) is 10.3 Å². The molecule has 3 nitrogen and oxygen atoms in total. The van der Waals surface area contributed by atoms with Crippen molar-refractivity contribution in [2.24, 2.45) is 0 Å². The zero-order valence-corrected chi connectivity index (χ0v) is 11.5. The van der Waals surface area contributed by atoms with Gasteiger partial charge in [0.2, 0.25) is 0 Å². The van der Waals surface area contributed by atoms with Gasteiger partial charge in [-0.2, -0.15) is 0 Å². The summed E-state index contributed by atoms with van der Waals surface area (Å²) in [4.78, 5) is 4.39. The van der Waals surface area contributed by atoms with E-state index in [0.29, 0.717) is 12.6 Å². The van der Waals surface area contributed by atoms with E-state index in [4.69, 9.17) is 4.74 Å². The molecule has 0 aliphatic heterocycles. The molecule has 0 unspecified atom stereocenters. The maximum absolute atomic E-state index is 5.53. The molecule has 0 amide bonds. The van der Waals surface area contributed by atoms with Crippen molar-refractivity contribution in [1.29, 1.82) is 0 Å². The van der Waals surface area contributed by atoms with E-state index in [2.05, 4.69) is 36.8 Å². The molecule has 0 bridgehead atoms. The lowest BCUT2D eigenvalue weighted by Gasteiger charge is -2.08. The standard InChI is InChI=1S/C15H24N2O/c1-4-5-6-9-18-12-15-8-7-14(11-17-15)10-16-13(2)3/h4,7-8,11,13,16H,1,5-6,9-10,12H2,2-3H3. The molecule has 0 aliphatic rings. The number of aromatic nitrogens is 1. The van der Waals surface area contributed by atoms with Gasteiger partial charge < -0.3 is 10.1 Å². The van der Waals surface area contributed by atoms with Crippen molar-refractivity contribution in [3.63, 3.8) is 0 Å². The van der Waals surface area contributed by atoms with Gasteiger partial charge >= 0.3 is 0 Å². The average molecular weight is 248 g/mol. The molecule has 1 N–H and O–H groups in total. The Morgan fingerprint density at radius 3 is 2.89 bits per heavy atom. The van der Waals surface area contributed by atoms with Gasteiger partial charge in [-0.25, -0.2) is 0 Å². The van der Waals surface area contributed by atoms with Crippen LogP contribution in [0.2, 0.25) is 0 Å². The van der Waals surface area contributed by atoms with E-state index >= 15 is 0 Å². The zero-order chi connectivity index (χ0) is 13.2. The normalized spacial score (nSPS) is 10.8. The molecule has 0 fully saturated rings. The second kappa shape index (κ2) is 8.84. The van der Waals surface area contributed by atoms with Crippen LogP contribution in [0.15, 0.2) is 31.0 Å². The quantitative estimate of drug-likeness (QED) is 0.539. The number of hydrogen-bond donors (Lipinski definition) is 1. The smallest absolute Gasteiger partial charge is 0.0887 e. The van der Waals surface area contributed by atoms with E-state index in [-0.39, 0.29) is 0 Å². The van der Waals surface area contributed by atoms with Gasteiger partial charge in [-0.05, 0) is 24.5 Å². The second-order valence-electron chi connectivity index (χ2n) is 4.68. The highest BCUT2D eigenvalue weighted by Crippen LogP contribution is 2.03. The Labute approximate surface area is 110 Å².